The number of rotatable bonds is 3. The van der Waals surface area contributed by atoms with Crippen LogP contribution in [0.2, 0.25) is 0 Å². The van der Waals surface area contributed by atoms with Gasteiger partial charge in [0.25, 0.3) is 5.91 Å². The van der Waals surface area contributed by atoms with Gasteiger partial charge in [0.2, 0.25) is 0 Å². The first-order valence-corrected chi connectivity index (χ1v) is 4.01. The predicted molar refractivity (Wildman–Crippen MR) is 50.0 cm³/mol. The van der Waals surface area contributed by atoms with Gasteiger partial charge >= 0.3 is 5.97 Å². The quantitative estimate of drug-likeness (QED) is 0.679. The van der Waals surface area contributed by atoms with Crippen molar-refractivity contribution in [3.63, 3.8) is 0 Å². The number of aromatic nitrogens is 1. The molecule has 0 aliphatic heterocycles. The van der Waals surface area contributed by atoms with E-state index >= 15 is 0 Å². The second-order valence-corrected chi connectivity index (χ2v) is 2.67. The van der Waals surface area contributed by atoms with Gasteiger partial charge in [-0.25, -0.2) is 9.78 Å². The monoisotopic (exact) mass is 208 g/mol. The maximum atomic E-state index is 11.2. The van der Waals surface area contributed by atoms with Crippen LogP contribution >= 0.6 is 0 Å². The van der Waals surface area contributed by atoms with Crippen LogP contribution in [0.1, 0.15) is 31.3 Å². The van der Waals surface area contributed by atoms with Gasteiger partial charge in [0.05, 0.1) is 5.56 Å². The van der Waals surface area contributed by atoms with Crippen molar-refractivity contribution in [3.05, 3.63) is 29.1 Å². The molecule has 0 radical (unpaired) electrons. The highest BCUT2D eigenvalue weighted by molar-refractivity contribution is 5.97. The van der Waals surface area contributed by atoms with E-state index in [2.05, 4.69) is 10.3 Å². The van der Waals surface area contributed by atoms with Gasteiger partial charge in [-0.2, -0.15) is 0 Å². The van der Waals surface area contributed by atoms with Gasteiger partial charge in [0, 0.05) is 7.05 Å². The molecular weight excluding hydrogens is 200 g/mol. The Morgan fingerprint density at radius 1 is 1.47 bits per heavy atom. The Balaban J connectivity index is 3.28. The summed E-state index contributed by atoms with van der Waals surface area (Å²) in [5, 5.41) is 11.0. The van der Waals surface area contributed by atoms with Crippen LogP contribution in [0.5, 0.6) is 0 Å². The molecule has 1 aromatic heterocycles. The Labute approximate surface area is 84.9 Å². The Kier molecular flexibility index (Phi) is 3.12. The first kappa shape index (κ1) is 10.8. The zero-order chi connectivity index (χ0) is 11.4. The second-order valence-electron chi connectivity index (χ2n) is 2.67. The number of aromatic carboxylic acids is 1. The van der Waals surface area contributed by atoms with E-state index in [-0.39, 0.29) is 17.0 Å². The average Bonchev–Trinajstić information content (AvgIpc) is 2.27. The molecule has 2 N–H and O–H groups in total. The third-order valence-electron chi connectivity index (χ3n) is 1.67. The molecule has 0 aromatic carbocycles. The van der Waals surface area contributed by atoms with Crippen LogP contribution in [-0.2, 0) is 0 Å². The highest BCUT2D eigenvalue weighted by Crippen LogP contribution is 2.05. The fourth-order valence-electron chi connectivity index (χ4n) is 0.980. The maximum Gasteiger partial charge on any atom is 0.335 e. The van der Waals surface area contributed by atoms with Crippen LogP contribution in [0.25, 0.3) is 0 Å². The van der Waals surface area contributed by atoms with Gasteiger partial charge < -0.3 is 10.4 Å². The summed E-state index contributed by atoms with van der Waals surface area (Å²) >= 11 is 0. The minimum absolute atomic E-state index is 0.0894. The van der Waals surface area contributed by atoms with Crippen molar-refractivity contribution in [1.82, 2.24) is 10.3 Å². The molecule has 6 nitrogen and oxygen atoms in total. The van der Waals surface area contributed by atoms with Crippen molar-refractivity contribution < 1.29 is 19.5 Å². The van der Waals surface area contributed by atoms with Crippen LogP contribution in [-0.4, -0.2) is 35.3 Å². The lowest BCUT2D eigenvalue weighted by atomic mass is 10.2. The molecule has 1 rings (SSSR count). The molecule has 0 saturated heterocycles. The number of nitrogens with zero attached hydrogens (tertiary/aromatic N) is 1. The molecule has 1 amide bonds. The first-order valence-electron chi connectivity index (χ1n) is 4.01. The molecule has 0 aliphatic rings. The predicted octanol–water partition coefficient (Wildman–Crippen LogP) is -0.0481. The summed E-state index contributed by atoms with van der Waals surface area (Å²) < 4.78 is 0. The van der Waals surface area contributed by atoms with E-state index in [9.17, 15) is 14.4 Å². The summed E-state index contributed by atoms with van der Waals surface area (Å²) in [5.74, 6) is -1.76. The molecule has 6 heteroatoms. The van der Waals surface area contributed by atoms with E-state index in [0.717, 1.165) is 12.1 Å². The molecule has 0 saturated carbocycles. The normalized spacial score (nSPS) is 9.40. The zero-order valence-corrected chi connectivity index (χ0v) is 7.85. The summed E-state index contributed by atoms with van der Waals surface area (Å²) in [4.78, 5) is 35.9. The van der Waals surface area contributed by atoms with E-state index in [0.29, 0.717) is 6.29 Å². The number of hydrogen-bond donors (Lipinski definition) is 2. The number of carboxylic acids is 1. The van der Waals surface area contributed by atoms with Gasteiger partial charge in [0.15, 0.2) is 6.29 Å². The van der Waals surface area contributed by atoms with Gasteiger partial charge in [-0.3, -0.25) is 9.59 Å². The summed E-state index contributed by atoms with van der Waals surface area (Å²) in [6.45, 7) is 0. The molecule has 0 bridgehead atoms. The molecule has 0 spiro atoms. The average molecular weight is 208 g/mol. The third-order valence-corrected chi connectivity index (χ3v) is 1.67. The number of hydrogen-bond acceptors (Lipinski definition) is 4. The molecule has 1 aromatic rings. The summed E-state index contributed by atoms with van der Waals surface area (Å²) in [6, 6.07) is 2.20. The number of pyridine rings is 1. The van der Waals surface area contributed by atoms with Crippen LogP contribution < -0.4 is 5.32 Å². The van der Waals surface area contributed by atoms with Crippen LogP contribution in [0.4, 0.5) is 0 Å². The minimum Gasteiger partial charge on any atom is -0.478 e. The summed E-state index contributed by atoms with van der Waals surface area (Å²) in [5.41, 5.74) is -0.335. The number of aldehydes is 1. The highest BCUT2D eigenvalue weighted by Gasteiger charge is 2.12. The molecule has 1 heterocycles. The maximum absolute atomic E-state index is 11.2. The van der Waals surface area contributed by atoms with E-state index in [1.165, 1.54) is 7.05 Å². The number of carboxylic acid groups (broad SMARTS) is 1. The smallest absolute Gasteiger partial charge is 0.335 e. The van der Waals surface area contributed by atoms with Crippen molar-refractivity contribution in [2.24, 2.45) is 0 Å². The Morgan fingerprint density at radius 3 is 2.60 bits per heavy atom. The van der Waals surface area contributed by atoms with Crippen molar-refractivity contribution in [1.29, 1.82) is 0 Å². The minimum atomic E-state index is -1.22. The second kappa shape index (κ2) is 4.32. The molecule has 0 fully saturated rings. The Bertz CT molecular complexity index is 428. The zero-order valence-electron chi connectivity index (χ0n) is 7.85. The van der Waals surface area contributed by atoms with Crippen molar-refractivity contribution in [3.8, 4) is 0 Å². The lowest BCUT2D eigenvalue weighted by Crippen LogP contribution is -2.20. The molecule has 0 unspecified atom stereocenters. The lowest BCUT2D eigenvalue weighted by molar-refractivity contribution is 0.0696. The van der Waals surface area contributed by atoms with Crippen molar-refractivity contribution in [2.75, 3.05) is 7.05 Å². The van der Waals surface area contributed by atoms with Gasteiger partial charge in [0.1, 0.15) is 11.4 Å². The van der Waals surface area contributed by atoms with Crippen molar-refractivity contribution in [2.45, 2.75) is 0 Å². The Morgan fingerprint density at radius 2 is 2.13 bits per heavy atom. The molecule has 15 heavy (non-hydrogen) atoms. The lowest BCUT2D eigenvalue weighted by Gasteiger charge is -2.01. The van der Waals surface area contributed by atoms with Crippen LogP contribution in [0.3, 0.4) is 0 Å². The standard InChI is InChI=1S/C9H8N2O4/c1-10-8(13)7-3-5(9(14)15)2-6(4-12)11-7/h2-4H,1H3,(H,10,13)(H,14,15). The third kappa shape index (κ3) is 2.37. The SMILES string of the molecule is CNC(=O)c1cc(C(=O)O)cc(C=O)n1. The fraction of sp³-hybridized carbons (Fsp3) is 0.111. The van der Waals surface area contributed by atoms with Crippen molar-refractivity contribution >= 4 is 18.2 Å². The van der Waals surface area contributed by atoms with Gasteiger partial charge in [-0.15, -0.1) is 0 Å². The molecule has 78 valence electrons. The summed E-state index contributed by atoms with van der Waals surface area (Å²) in [7, 11) is 1.39. The number of carbonyl (C=O) groups is 3. The molecule has 0 aliphatic carbocycles. The Hall–Kier alpha value is -2.24. The fourth-order valence-corrected chi connectivity index (χ4v) is 0.980. The van der Waals surface area contributed by atoms with Gasteiger partial charge in [-0.05, 0) is 12.1 Å². The van der Waals surface area contributed by atoms with E-state index in [1.54, 1.807) is 0 Å². The summed E-state index contributed by atoms with van der Waals surface area (Å²) in [6.07, 6.45) is 0.388. The van der Waals surface area contributed by atoms with Crippen LogP contribution in [0, 0.1) is 0 Å². The van der Waals surface area contributed by atoms with E-state index < -0.39 is 11.9 Å². The molecular formula is C9H8N2O4. The topological polar surface area (TPSA) is 96.4 Å². The largest absolute Gasteiger partial charge is 0.478 e. The first-order chi connectivity index (χ1) is 7.08. The van der Waals surface area contributed by atoms with E-state index in [4.69, 9.17) is 5.11 Å². The van der Waals surface area contributed by atoms with E-state index in [1.807, 2.05) is 0 Å². The number of amides is 1. The highest BCUT2D eigenvalue weighted by atomic mass is 16.4. The molecule has 0 atom stereocenters. The number of nitrogens with one attached hydrogen (secondary N) is 1. The number of carbonyl (C=O) groups excluding carboxylic acids is 2. The van der Waals surface area contributed by atoms with Gasteiger partial charge in [-0.1, -0.05) is 0 Å². The van der Waals surface area contributed by atoms with Crippen LogP contribution in [0.15, 0.2) is 12.1 Å².